The van der Waals surface area contributed by atoms with Crippen molar-refractivity contribution in [2.45, 2.75) is 45.8 Å². The molecular formula is C15H22N2O2. The summed E-state index contributed by atoms with van der Waals surface area (Å²) in [6.07, 6.45) is 1.65. The summed E-state index contributed by atoms with van der Waals surface area (Å²) in [5.74, 6) is 0.941. The van der Waals surface area contributed by atoms with E-state index < -0.39 is 0 Å². The van der Waals surface area contributed by atoms with Crippen LogP contribution in [-0.4, -0.2) is 35.1 Å². The van der Waals surface area contributed by atoms with Crippen molar-refractivity contribution in [1.29, 1.82) is 0 Å². The summed E-state index contributed by atoms with van der Waals surface area (Å²) in [5.41, 5.74) is 0.237. The van der Waals surface area contributed by atoms with Crippen molar-refractivity contribution in [2.24, 2.45) is 0 Å². The van der Waals surface area contributed by atoms with E-state index in [0.717, 1.165) is 18.9 Å². The summed E-state index contributed by atoms with van der Waals surface area (Å²) in [4.78, 5) is 17.9. The molecule has 0 N–H and O–H groups in total. The number of anilines is 1. The minimum atomic E-state index is -0.206. The number of hydrogen-bond donors (Lipinski definition) is 0. The molecule has 19 heavy (non-hydrogen) atoms. The number of ketones is 1. The second kappa shape index (κ2) is 4.60. The van der Waals surface area contributed by atoms with Gasteiger partial charge < -0.3 is 9.64 Å². The van der Waals surface area contributed by atoms with Gasteiger partial charge in [0.1, 0.15) is 5.82 Å². The maximum Gasteiger partial charge on any atom is 0.161 e. The highest BCUT2D eigenvalue weighted by Crippen LogP contribution is 2.30. The van der Waals surface area contributed by atoms with Gasteiger partial charge in [-0.1, -0.05) is 0 Å². The van der Waals surface area contributed by atoms with E-state index in [4.69, 9.17) is 4.74 Å². The molecular weight excluding hydrogens is 240 g/mol. The summed E-state index contributed by atoms with van der Waals surface area (Å²) in [6, 6.07) is 3.74. The molecule has 1 aliphatic heterocycles. The zero-order valence-electron chi connectivity index (χ0n) is 12.4. The minimum absolute atomic E-state index is 0.0432. The van der Waals surface area contributed by atoms with Crippen LogP contribution in [0.5, 0.6) is 0 Å². The molecule has 1 aromatic rings. The van der Waals surface area contributed by atoms with Gasteiger partial charge in [-0.2, -0.15) is 0 Å². The van der Waals surface area contributed by atoms with Crippen LogP contribution in [0.15, 0.2) is 18.3 Å². The SMILES string of the molecule is CC(=O)c1ccc(N2CC(C)(C)OC(C)(C)C2)nc1. The number of nitrogens with zero attached hydrogens (tertiary/aromatic N) is 2. The van der Waals surface area contributed by atoms with Crippen LogP contribution in [-0.2, 0) is 4.74 Å². The average molecular weight is 262 g/mol. The molecule has 0 radical (unpaired) electrons. The molecule has 2 rings (SSSR count). The Morgan fingerprint density at radius 3 is 2.21 bits per heavy atom. The number of hydrogen-bond acceptors (Lipinski definition) is 4. The van der Waals surface area contributed by atoms with E-state index in [2.05, 4.69) is 37.6 Å². The van der Waals surface area contributed by atoms with Gasteiger partial charge in [0.15, 0.2) is 5.78 Å². The topological polar surface area (TPSA) is 42.4 Å². The van der Waals surface area contributed by atoms with Crippen LogP contribution in [0.1, 0.15) is 45.0 Å². The van der Waals surface area contributed by atoms with Crippen LogP contribution in [0.3, 0.4) is 0 Å². The Balaban J connectivity index is 2.23. The molecule has 0 atom stereocenters. The highest BCUT2D eigenvalue weighted by Gasteiger charge is 2.38. The van der Waals surface area contributed by atoms with Gasteiger partial charge in [0.2, 0.25) is 0 Å². The molecule has 104 valence electrons. The van der Waals surface area contributed by atoms with Crippen molar-refractivity contribution >= 4 is 11.6 Å². The summed E-state index contributed by atoms with van der Waals surface area (Å²) in [7, 11) is 0. The third-order valence-electron chi connectivity index (χ3n) is 3.17. The van der Waals surface area contributed by atoms with Crippen molar-refractivity contribution in [3.05, 3.63) is 23.9 Å². The summed E-state index contributed by atoms with van der Waals surface area (Å²) in [6.45, 7) is 11.5. The third-order valence-corrected chi connectivity index (χ3v) is 3.17. The van der Waals surface area contributed by atoms with Gasteiger partial charge in [-0.3, -0.25) is 4.79 Å². The predicted octanol–water partition coefficient (Wildman–Crippen LogP) is 2.68. The second-order valence-corrected chi connectivity index (χ2v) is 6.44. The third kappa shape index (κ3) is 3.32. The van der Waals surface area contributed by atoms with Crippen LogP contribution in [0, 0.1) is 0 Å². The Morgan fingerprint density at radius 1 is 1.21 bits per heavy atom. The first kappa shape index (κ1) is 14.0. The van der Waals surface area contributed by atoms with Crippen molar-refractivity contribution in [1.82, 2.24) is 4.98 Å². The summed E-state index contributed by atoms with van der Waals surface area (Å²) in [5, 5.41) is 0. The molecule has 0 amide bonds. The molecule has 0 bridgehead atoms. The lowest BCUT2D eigenvalue weighted by Gasteiger charge is -2.47. The van der Waals surface area contributed by atoms with Crippen LogP contribution in [0.4, 0.5) is 5.82 Å². The molecule has 0 spiro atoms. The van der Waals surface area contributed by atoms with Crippen LogP contribution < -0.4 is 4.90 Å². The number of carbonyl (C=O) groups is 1. The number of rotatable bonds is 2. The number of ether oxygens (including phenoxy) is 1. The van der Waals surface area contributed by atoms with E-state index in [-0.39, 0.29) is 17.0 Å². The molecule has 4 nitrogen and oxygen atoms in total. The average Bonchev–Trinajstić information content (AvgIpc) is 2.25. The molecule has 0 aromatic carbocycles. The Bertz CT molecular complexity index is 461. The fourth-order valence-corrected chi connectivity index (χ4v) is 2.73. The van der Waals surface area contributed by atoms with Crippen LogP contribution in [0.25, 0.3) is 0 Å². The molecule has 1 aliphatic rings. The van der Waals surface area contributed by atoms with Crippen molar-refractivity contribution in [3.8, 4) is 0 Å². The van der Waals surface area contributed by atoms with E-state index in [9.17, 15) is 4.79 Å². The number of Topliss-reactive ketones (excluding diaryl/α,β-unsaturated/α-hetero) is 1. The fraction of sp³-hybridized carbons (Fsp3) is 0.600. The molecule has 1 aromatic heterocycles. The lowest BCUT2D eigenvalue weighted by atomic mass is 9.99. The molecule has 1 saturated heterocycles. The number of carbonyl (C=O) groups excluding carboxylic acids is 1. The molecule has 2 heterocycles. The fourth-order valence-electron chi connectivity index (χ4n) is 2.73. The van der Waals surface area contributed by atoms with E-state index in [1.54, 1.807) is 13.1 Å². The number of morpholine rings is 1. The molecule has 0 unspecified atom stereocenters. The first-order chi connectivity index (χ1) is 8.69. The van der Waals surface area contributed by atoms with Gasteiger partial charge in [-0.05, 0) is 46.8 Å². The molecule has 0 saturated carbocycles. The zero-order valence-corrected chi connectivity index (χ0v) is 12.4. The van der Waals surface area contributed by atoms with E-state index >= 15 is 0 Å². The van der Waals surface area contributed by atoms with Gasteiger partial charge in [0.25, 0.3) is 0 Å². The van der Waals surface area contributed by atoms with Crippen molar-refractivity contribution < 1.29 is 9.53 Å². The van der Waals surface area contributed by atoms with Gasteiger partial charge >= 0.3 is 0 Å². The standard InChI is InChI=1S/C15H22N2O2/c1-11(18)12-6-7-13(16-8-12)17-9-14(2,3)19-15(4,5)10-17/h6-8H,9-10H2,1-5H3. The van der Waals surface area contributed by atoms with Gasteiger partial charge in [-0.25, -0.2) is 4.98 Å². The Hall–Kier alpha value is -1.42. The Kier molecular flexibility index (Phi) is 3.39. The second-order valence-electron chi connectivity index (χ2n) is 6.44. The zero-order chi connectivity index (χ0) is 14.3. The maximum atomic E-state index is 11.3. The van der Waals surface area contributed by atoms with Crippen LogP contribution >= 0.6 is 0 Å². The largest absolute Gasteiger partial charge is 0.366 e. The van der Waals surface area contributed by atoms with E-state index in [1.807, 2.05) is 12.1 Å². The number of aromatic nitrogens is 1. The van der Waals surface area contributed by atoms with E-state index in [1.165, 1.54) is 0 Å². The summed E-state index contributed by atoms with van der Waals surface area (Å²) < 4.78 is 6.05. The van der Waals surface area contributed by atoms with Gasteiger partial charge in [0.05, 0.1) is 11.2 Å². The first-order valence-electron chi connectivity index (χ1n) is 6.61. The quantitative estimate of drug-likeness (QED) is 0.768. The van der Waals surface area contributed by atoms with Crippen molar-refractivity contribution in [2.75, 3.05) is 18.0 Å². The number of pyridine rings is 1. The Labute approximate surface area is 114 Å². The lowest BCUT2D eigenvalue weighted by molar-refractivity contribution is -0.133. The van der Waals surface area contributed by atoms with Crippen LogP contribution in [0.2, 0.25) is 0 Å². The van der Waals surface area contributed by atoms with Gasteiger partial charge in [0, 0.05) is 24.8 Å². The first-order valence-corrected chi connectivity index (χ1v) is 6.61. The predicted molar refractivity (Wildman–Crippen MR) is 75.7 cm³/mol. The maximum absolute atomic E-state index is 11.3. The molecule has 1 fully saturated rings. The van der Waals surface area contributed by atoms with Crippen molar-refractivity contribution in [3.63, 3.8) is 0 Å². The Morgan fingerprint density at radius 2 is 1.79 bits per heavy atom. The van der Waals surface area contributed by atoms with E-state index in [0.29, 0.717) is 5.56 Å². The van der Waals surface area contributed by atoms with Gasteiger partial charge in [-0.15, -0.1) is 0 Å². The lowest BCUT2D eigenvalue weighted by Crippen LogP contribution is -2.57. The highest BCUT2D eigenvalue weighted by molar-refractivity contribution is 5.93. The molecule has 4 heteroatoms. The minimum Gasteiger partial charge on any atom is -0.366 e. The summed E-state index contributed by atoms with van der Waals surface area (Å²) >= 11 is 0. The molecule has 0 aliphatic carbocycles. The monoisotopic (exact) mass is 262 g/mol. The highest BCUT2D eigenvalue weighted by atomic mass is 16.5. The normalized spacial score (nSPS) is 21.2. The smallest absolute Gasteiger partial charge is 0.161 e.